The molecule has 0 aliphatic heterocycles. The number of nitrogen functional groups attached to an aromatic ring is 1. The second kappa shape index (κ2) is 5.90. The van der Waals surface area contributed by atoms with Crippen LogP contribution in [0, 0.1) is 5.92 Å². The van der Waals surface area contributed by atoms with Crippen LogP contribution in [0.15, 0.2) is 36.4 Å². The minimum atomic E-state index is 0.442. The van der Waals surface area contributed by atoms with Crippen LogP contribution in [0.5, 0.6) is 5.88 Å². The molecule has 20 heavy (non-hydrogen) atoms. The van der Waals surface area contributed by atoms with E-state index in [4.69, 9.17) is 10.5 Å². The maximum absolute atomic E-state index is 5.83. The minimum absolute atomic E-state index is 0.442. The van der Waals surface area contributed by atoms with Crippen molar-refractivity contribution in [1.29, 1.82) is 0 Å². The van der Waals surface area contributed by atoms with Gasteiger partial charge in [-0.05, 0) is 12.3 Å². The monoisotopic (exact) mass is 269 g/mol. The summed E-state index contributed by atoms with van der Waals surface area (Å²) in [5.41, 5.74) is 6.78. The molecular weight excluding hydrogens is 250 g/mol. The Hall–Kier alpha value is -2.10. The fourth-order valence-electron chi connectivity index (χ4n) is 2.34. The van der Waals surface area contributed by atoms with E-state index in [0.717, 1.165) is 17.9 Å². The van der Waals surface area contributed by atoms with Crippen molar-refractivity contribution < 1.29 is 4.74 Å². The lowest BCUT2D eigenvalue weighted by Gasteiger charge is -2.24. The summed E-state index contributed by atoms with van der Waals surface area (Å²) in [4.78, 5) is 8.69. The van der Waals surface area contributed by atoms with Crippen molar-refractivity contribution in [1.82, 2.24) is 9.97 Å². The summed E-state index contributed by atoms with van der Waals surface area (Å²) in [5, 5.41) is 0. The van der Waals surface area contributed by atoms with Crippen LogP contribution in [0.25, 0.3) is 11.4 Å². The normalized spacial score (nSPS) is 14.8. The molecular formula is C16H19N3O. The summed E-state index contributed by atoms with van der Waals surface area (Å²) >= 11 is 0. The third-order valence-corrected chi connectivity index (χ3v) is 3.76. The second-order valence-electron chi connectivity index (χ2n) is 5.25. The van der Waals surface area contributed by atoms with Gasteiger partial charge in [-0.1, -0.05) is 49.6 Å². The average molecular weight is 269 g/mol. The van der Waals surface area contributed by atoms with Crippen molar-refractivity contribution >= 4 is 5.82 Å². The first-order valence-electron chi connectivity index (χ1n) is 7.14. The molecule has 0 bridgehead atoms. The Morgan fingerprint density at radius 2 is 1.95 bits per heavy atom. The Labute approximate surface area is 119 Å². The quantitative estimate of drug-likeness (QED) is 0.904. The molecule has 0 amide bonds. The summed E-state index contributed by atoms with van der Waals surface area (Å²) in [5.74, 6) is 2.46. The number of benzene rings is 1. The number of anilines is 1. The first-order valence-corrected chi connectivity index (χ1v) is 7.14. The maximum Gasteiger partial charge on any atom is 0.219 e. The molecule has 1 aliphatic rings. The summed E-state index contributed by atoms with van der Waals surface area (Å²) in [6.45, 7) is 0.704. The lowest BCUT2D eigenvalue weighted by atomic mass is 9.83. The van der Waals surface area contributed by atoms with Crippen molar-refractivity contribution in [3.63, 3.8) is 0 Å². The fraction of sp³-hybridized carbons (Fsp3) is 0.375. The molecule has 2 N–H and O–H groups in total. The van der Waals surface area contributed by atoms with Crippen LogP contribution in [0.2, 0.25) is 0 Å². The van der Waals surface area contributed by atoms with Crippen LogP contribution in [0.4, 0.5) is 5.82 Å². The number of hydrogen-bond acceptors (Lipinski definition) is 4. The van der Waals surface area contributed by atoms with E-state index in [9.17, 15) is 0 Å². The number of rotatable bonds is 5. The molecule has 1 aromatic heterocycles. The molecule has 1 aromatic carbocycles. The number of nitrogens with zero attached hydrogens (tertiary/aromatic N) is 2. The highest BCUT2D eigenvalue weighted by Crippen LogP contribution is 2.29. The number of aromatic nitrogens is 2. The Kier molecular flexibility index (Phi) is 3.81. The van der Waals surface area contributed by atoms with Crippen LogP contribution in [-0.4, -0.2) is 16.6 Å². The molecule has 2 aromatic rings. The molecule has 0 spiro atoms. The zero-order chi connectivity index (χ0) is 13.8. The van der Waals surface area contributed by atoms with Crippen molar-refractivity contribution in [3.05, 3.63) is 36.4 Å². The van der Waals surface area contributed by atoms with Gasteiger partial charge in [-0.3, -0.25) is 0 Å². The molecule has 1 fully saturated rings. The predicted molar refractivity (Wildman–Crippen MR) is 79.3 cm³/mol. The van der Waals surface area contributed by atoms with Gasteiger partial charge in [0.1, 0.15) is 5.82 Å². The molecule has 3 rings (SSSR count). The number of hydrogen-bond donors (Lipinski definition) is 1. The molecule has 1 aliphatic carbocycles. The Bertz CT molecular complexity index is 567. The first-order chi connectivity index (χ1) is 9.81. The van der Waals surface area contributed by atoms with Gasteiger partial charge < -0.3 is 10.5 Å². The van der Waals surface area contributed by atoms with E-state index < -0.39 is 0 Å². The number of ether oxygens (including phenoxy) is 1. The Balaban J connectivity index is 1.69. The van der Waals surface area contributed by atoms with E-state index in [1.54, 1.807) is 6.07 Å². The van der Waals surface area contributed by atoms with Crippen LogP contribution in [-0.2, 0) is 0 Å². The van der Waals surface area contributed by atoms with E-state index in [-0.39, 0.29) is 0 Å². The van der Waals surface area contributed by atoms with E-state index in [0.29, 0.717) is 24.1 Å². The lowest BCUT2D eigenvalue weighted by Crippen LogP contribution is -2.15. The average Bonchev–Trinajstić information content (AvgIpc) is 2.42. The molecule has 1 heterocycles. The highest BCUT2D eigenvalue weighted by atomic mass is 16.5. The molecule has 0 atom stereocenters. The molecule has 0 saturated heterocycles. The zero-order valence-electron chi connectivity index (χ0n) is 11.5. The van der Waals surface area contributed by atoms with Gasteiger partial charge in [-0.15, -0.1) is 0 Å². The van der Waals surface area contributed by atoms with Gasteiger partial charge in [0.25, 0.3) is 0 Å². The SMILES string of the molecule is Nc1cc(OCCC2CCC2)nc(-c2ccccc2)n1. The molecule has 0 radical (unpaired) electrons. The summed E-state index contributed by atoms with van der Waals surface area (Å²) < 4.78 is 5.72. The third kappa shape index (κ3) is 3.07. The van der Waals surface area contributed by atoms with Gasteiger partial charge in [-0.25, -0.2) is 4.98 Å². The van der Waals surface area contributed by atoms with Crippen molar-refractivity contribution in [2.45, 2.75) is 25.7 Å². The molecule has 1 saturated carbocycles. The predicted octanol–water partition coefficient (Wildman–Crippen LogP) is 3.29. The topological polar surface area (TPSA) is 61.0 Å². The highest BCUT2D eigenvalue weighted by molar-refractivity contribution is 5.57. The van der Waals surface area contributed by atoms with E-state index in [1.165, 1.54) is 19.3 Å². The first kappa shape index (κ1) is 12.9. The van der Waals surface area contributed by atoms with Crippen LogP contribution in [0.3, 0.4) is 0 Å². The van der Waals surface area contributed by atoms with Crippen molar-refractivity contribution in [2.75, 3.05) is 12.3 Å². The zero-order valence-corrected chi connectivity index (χ0v) is 11.5. The van der Waals surface area contributed by atoms with Crippen LogP contribution >= 0.6 is 0 Å². The minimum Gasteiger partial charge on any atom is -0.478 e. The highest BCUT2D eigenvalue weighted by Gasteiger charge is 2.17. The van der Waals surface area contributed by atoms with Gasteiger partial charge in [0.2, 0.25) is 5.88 Å². The van der Waals surface area contributed by atoms with Gasteiger partial charge in [-0.2, -0.15) is 4.98 Å². The largest absolute Gasteiger partial charge is 0.478 e. The van der Waals surface area contributed by atoms with Crippen molar-refractivity contribution in [2.24, 2.45) is 5.92 Å². The van der Waals surface area contributed by atoms with Crippen molar-refractivity contribution in [3.8, 4) is 17.3 Å². The van der Waals surface area contributed by atoms with Gasteiger partial charge in [0, 0.05) is 11.6 Å². The summed E-state index contributed by atoms with van der Waals surface area (Å²) in [7, 11) is 0. The van der Waals surface area contributed by atoms with Crippen LogP contribution < -0.4 is 10.5 Å². The van der Waals surface area contributed by atoms with E-state index in [2.05, 4.69) is 9.97 Å². The van der Waals surface area contributed by atoms with Gasteiger partial charge in [0.05, 0.1) is 6.61 Å². The smallest absolute Gasteiger partial charge is 0.219 e. The third-order valence-electron chi connectivity index (χ3n) is 3.76. The number of nitrogens with two attached hydrogens (primary N) is 1. The Morgan fingerprint density at radius 1 is 1.15 bits per heavy atom. The van der Waals surface area contributed by atoms with E-state index >= 15 is 0 Å². The standard InChI is InChI=1S/C16H19N3O/c17-14-11-15(20-10-9-12-5-4-6-12)19-16(18-14)13-7-2-1-3-8-13/h1-3,7-8,11-12H,4-6,9-10H2,(H2,17,18,19). The second-order valence-corrected chi connectivity index (χ2v) is 5.25. The van der Waals surface area contributed by atoms with Gasteiger partial charge >= 0.3 is 0 Å². The van der Waals surface area contributed by atoms with Gasteiger partial charge in [0.15, 0.2) is 5.82 Å². The molecule has 104 valence electrons. The van der Waals surface area contributed by atoms with E-state index in [1.807, 2.05) is 30.3 Å². The van der Waals surface area contributed by atoms with Crippen LogP contribution in [0.1, 0.15) is 25.7 Å². The Morgan fingerprint density at radius 3 is 2.65 bits per heavy atom. The fourth-order valence-corrected chi connectivity index (χ4v) is 2.34. The lowest BCUT2D eigenvalue weighted by molar-refractivity contribution is 0.217. The summed E-state index contributed by atoms with van der Waals surface area (Å²) in [6, 6.07) is 11.5. The molecule has 0 unspecified atom stereocenters. The maximum atomic E-state index is 5.83. The molecule has 4 nitrogen and oxygen atoms in total. The molecule has 4 heteroatoms. The summed E-state index contributed by atoms with van der Waals surface area (Å²) in [6.07, 6.45) is 5.14.